The Kier molecular flexibility index (Phi) is 3.11. The summed E-state index contributed by atoms with van der Waals surface area (Å²) in [5.41, 5.74) is -0.131. The third-order valence-electron chi connectivity index (χ3n) is 2.16. The van der Waals surface area contributed by atoms with E-state index in [1.807, 2.05) is 0 Å². The lowest BCUT2D eigenvalue weighted by Crippen LogP contribution is -1.94. The van der Waals surface area contributed by atoms with E-state index >= 15 is 0 Å². The van der Waals surface area contributed by atoms with Crippen molar-refractivity contribution in [3.05, 3.63) is 53.6 Å². The maximum atomic E-state index is 13.5. The molecule has 0 spiro atoms. The summed E-state index contributed by atoms with van der Waals surface area (Å²) in [4.78, 5) is 0. The Hall–Kier alpha value is -2.61. The maximum Gasteiger partial charge on any atom is 0.198 e. The molecule has 0 aliphatic heterocycles. The van der Waals surface area contributed by atoms with Gasteiger partial charge in [-0.15, -0.1) is 0 Å². The highest BCUT2D eigenvalue weighted by atomic mass is 19.1. The summed E-state index contributed by atoms with van der Waals surface area (Å²) in [7, 11) is 0. The summed E-state index contributed by atoms with van der Waals surface area (Å²) in [6.07, 6.45) is 0. The van der Waals surface area contributed by atoms with Gasteiger partial charge in [-0.1, -0.05) is 6.07 Å². The second-order valence-electron chi connectivity index (χ2n) is 3.48. The number of nitriles is 1. The largest absolute Gasteiger partial charge is 0.508 e. The van der Waals surface area contributed by atoms with Crippen molar-refractivity contribution in [1.29, 1.82) is 5.26 Å². The van der Waals surface area contributed by atoms with Gasteiger partial charge in [-0.05, 0) is 24.3 Å². The summed E-state index contributed by atoms with van der Waals surface area (Å²) in [5, 5.41) is 17.7. The van der Waals surface area contributed by atoms with Crippen molar-refractivity contribution < 1.29 is 18.6 Å². The molecule has 1 N–H and O–H groups in total. The predicted molar refractivity (Wildman–Crippen MR) is 59.3 cm³/mol. The van der Waals surface area contributed by atoms with Crippen molar-refractivity contribution in [3.8, 4) is 23.3 Å². The summed E-state index contributed by atoms with van der Waals surface area (Å²) >= 11 is 0. The molecule has 0 aliphatic carbocycles. The van der Waals surface area contributed by atoms with E-state index in [0.717, 1.165) is 12.1 Å². The Morgan fingerprint density at radius 3 is 2.33 bits per heavy atom. The summed E-state index contributed by atoms with van der Waals surface area (Å²) in [6, 6.07) is 8.92. The number of phenols is 1. The van der Waals surface area contributed by atoms with E-state index in [9.17, 15) is 13.9 Å². The first-order valence-electron chi connectivity index (χ1n) is 4.96. The zero-order chi connectivity index (χ0) is 13.1. The number of rotatable bonds is 2. The predicted octanol–water partition coefficient (Wildman–Crippen LogP) is 3.33. The van der Waals surface area contributed by atoms with Crippen LogP contribution in [-0.4, -0.2) is 5.11 Å². The van der Waals surface area contributed by atoms with E-state index in [2.05, 4.69) is 0 Å². The Morgan fingerprint density at radius 2 is 1.78 bits per heavy atom. The monoisotopic (exact) mass is 247 g/mol. The first kappa shape index (κ1) is 11.9. The Balaban J connectivity index is 2.38. The average molecular weight is 247 g/mol. The third kappa shape index (κ3) is 2.38. The lowest BCUT2D eigenvalue weighted by atomic mass is 10.2. The highest BCUT2D eigenvalue weighted by Gasteiger charge is 2.13. The zero-order valence-electron chi connectivity index (χ0n) is 9.02. The van der Waals surface area contributed by atoms with E-state index in [-0.39, 0.29) is 17.1 Å². The van der Waals surface area contributed by atoms with E-state index in [1.54, 1.807) is 6.07 Å². The van der Waals surface area contributed by atoms with E-state index in [1.165, 1.54) is 24.3 Å². The number of phenolic OH excluding ortho intramolecular Hbond substituents is 1. The Bertz CT molecular complexity index is 612. The minimum Gasteiger partial charge on any atom is -0.508 e. The second kappa shape index (κ2) is 4.72. The zero-order valence-corrected chi connectivity index (χ0v) is 9.02. The van der Waals surface area contributed by atoms with Crippen molar-refractivity contribution in [1.82, 2.24) is 0 Å². The second-order valence-corrected chi connectivity index (χ2v) is 3.48. The molecule has 0 unspecified atom stereocenters. The fraction of sp³-hybridized carbons (Fsp3) is 0. The van der Waals surface area contributed by atoms with Crippen molar-refractivity contribution in [2.75, 3.05) is 0 Å². The molecular formula is C13H7F2NO2. The van der Waals surface area contributed by atoms with Gasteiger partial charge in [0.1, 0.15) is 11.5 Å². The van der Waals surface area contributed by atoms with Crippen LogP contribution in [0.25, 0.3) is 0 Å². The minimum atomic E-state index is -0.977. The summed E-state index contributed by atoms with van der Waals surface area (Å²) in [6.45, 7) is 0. The highest BCUT2D eigenvalue weighted by Crippen LogP contribution is 2.29. The molecule has 0 amide bonds. The molecule has 3 nitrogen and oxygen atoms in total. The van der Waals surface area contributed by atoms with Gasteiger partial charge < -0.3 is 9.84 Å². The minimum absolute atomic E-state index is 0.0815. The van der Waals surface area contributed by atoms with Gasteiger partial charge in [-0.2, -0.15) is 5.26 Å². The van der Waals surface area contributed by atoms with Crippen LogP contribution in [0.4, 0.5) is 8.78 Å². The fourth-order valence-corrected chi connectivity index (χ4v) is 1.39. The van der Waals surface area contributed by atoms with Crippen molar-refractivity contribution in [2.24, 2.45) is 0 Å². The van der Waals surface area contributed by atoms with Crippen LogP contribution in [0.2, 0.25) is 0 Å². The third-order valence-corrected chi connectivity index (χ3v) is 2.16. The van der Waals surface area contributed by atoms with Crippen LogP contribution in [0.15, 0.2) is 36.4 Å². The normalized spacial score (nSPS) is 9.83. The van der Waals surface area contributed by atoms with E-state index in [4.69, 9.17) is 10.00 Å². The van der Waals surface area contributed by atoms with E-state index < -0.39 is 17.4 Å². The molecule has 0 heterocycles. The van der Waals surface area contributed by atoms with Gasteiger partial charge in [0.25, 0.3) is 0 Å². The van der Waals surface area contributed by atoms with Gasteiger partial charge in [0.05, 0.1) is 11.6 Å². The Morgan fingerprint density at radius 1 is 1.11 bits per heavy atom. The molecule has 0 aliphatic rings. The van der Waals surface area contributed by atoms with Crippen LogP contribution in [-0.2, 0) is 0 Å². The molecular weight excluding hydrogens is 240 g/mol. The molecule has 0 saturated heterocycles. The number of ether oxygens (including phenoxy) is 1. The van der Waals surface area contributed by atoms with Crippen LogP contribution in [0.1, 0.15) is 5.56 Å². The Labute approximate surface area is 101 Å². The first-order chi connectivity index (χ1) is 8.60. The lowest BCUT2D eigenvalue weighted by Gasteiger charge is -2.08. The molecule has 18 heavy (non-hydrogen) atoms. The van der Waals surface area contributed by atoms with Gasteiger partial charge >= 0.3 is 0 Å². The van der Waals surface area contributed by atoms with Gasteiger partial charge in [0, 0.05) is 6.07 Å². The summed E-state index contributed by atoms with van der Waals surface area (Å²) in [5.74, 6) is -2.55. The van der Waals surface area contributed by atoms with Gasteiger partial charge in [-0.3, -0.25) is 0 Å². The van der Waals surface area contributed by atoms with Crippen LogP contribution >= 0.6 is 0 Å². The van der Waals surface area contributed by atoms with Crippen molar-refractivity contribution in [2.45, 2.75) is 0 Å². The maximum absolute atomic E-state index is 13.5. The number of nitrogens with zero attached hydrogens (tertiary/aromatic N) is 1. The SMILES string of the molecule is N#Cc1cc(F)c(Oc2cccc(O)c2)c(F)c1. The summed E-state index contributed by atoms with van der Waals surface area (Å²) < 4.78 is 32.0. The van der Waals surface area contributed by atoms with Crippen LogP contribution in [0, 0.1) is 23.0 Å². The molecule has 90 valence electrons. The molecule has 5 heteroatoms. The number of hydrogen-bond donors (Lipinski definition) is 1. The molecule has 0 bridgehead atoms. The lowest BCUT2D eigenvalue weighted by molar-refractivity contribution is 0.402. The topological polar surface area (TPSA) is 53.2 Å². The molecule has 0 radical (unpaired) electrons. The molecule has 2 aromatic rings. The molecule has 0 atom stereocenters. The number of aromatic hydroxyl groups is 1. The number of benzene rings is 2. The smallest absolute Gasteiger partial charge is 0.198 e. The highest BCUT2D eigenvalue weighted by molar-refractivity contribution is 5.41. The van der Waals surface area contributed by atoms with Crippen LogP contribution in [0.3, 0.4) is 0 Å². The van der Waals surface area contributed by atoms with E-state index in [0.29, 0.717) is 0 Å². The number of hydrogen-bond acceptors (Lipinski definition) is 3. The van der Waals surface area contributed by atoms with Crippen molar-refractivity contribution >= 4 is 0 Å². The van der Waals surface area contributed by atoms with Gasteiger partial charge in [0.15, 0.2) is 17.4 Å². The molecule has 0 saturated carbocycles. The van der Waals surface area contributed by atoms with Crippen LogP contribution < -0.4 is 4.74 Å². The van der Waals surface area contributed by atoms with Gasteiger partial charge in [-0.25, -0.2) is 8.78 Å². The molecule has 0 fully saturated rings. The van der Waals surface area contributed by atoms with Gasteiger partial charge in [0.2, 0.25) is 0 Å². The van der Waals surface area contributed by atoms with Crippen LogP contribution in [0.5, 0.6) is 17.2 Å². The molecule has 2 aromatic carbocycles. The fourth-order valence-electron chi connectivity index (χ4n) is 1.39. The number of halogens is 2. The van der Waals surface area contributed by atoms with Crippen molar-refractivity contribution in [3.63, 3.8) is 0 Å². The quantitative estimate of drug-likeness (QED) is 0.885. The molecule has 2 rings (SSSR count). The molecule has 0 aromatic heterocycles. The standard InChI is InChI=1S/C13H7F2NO2/c14-11-4-8(7-16)5-12(15)13(11)18-10-3-1-2-9(17)6-10/h1-6,17H. The average Bonchev–Trinajstić information content (AvgIpc) is 2.33. The first-order valence-corrected chi connectivity index (χ1v) is 4.96.